The molecule has 2 heterocycles. The first kappa shape index (κ1) is 12.3. The molecule has 6 nitrogen and oxygen atoms in total. The van der Waals surface area contributed by atoms with Crippen LogP contribution < -0.4 is 10.6 Å². The van der Waals surface area contributed by atoms with Gasteiger partial charge in [0, 0.05) is 12.4 Å². The van der Waals surface area contributed by atoms with Crippen molar-refractivity contribution >= 4 is 29.1 Å². The molecule has 2 aromatic heterocycles. The van der Waals surface area contributed by atoms with E-state index in [2.05, 4.69) is 20.6 Å². The fourth-order valence-corrected chi connectivity index (χ4v) is 1.93. The second-order valence-corrected chi connectivity index (χ2v) is 4.55. The monoisotopic (exact) mass is 264 g/mol. The smallest absolute Gasteiger partial charge is 0.261 e. The van der Waals surface area contributed by atoms with Crippen LogP contribution in [0.4, 0.5) is 5.95 Å². The third-order valence-corrected chi connectivity index (χ3v) is 3.09. The van der Waals surface area contributed by atoms with Crippen molar-refractivity contribution in [3.05, 3.63) is 34.8 Å². The molecule has 1 unspecified atom stereocenters. The highest BCUT2D eigenvalue weighted by molar-refractivity contribution is 7.12. The van der Waals surface area contributed by atoms with Gasteiger partial charge in [0.05, 0.1) is 4.88 Å². The van der Waals surface area contributed by atoms with Gasteiger partial charge in [-0.05, 0) is 18.4 Å². The number of carbonyl (C=O) groups excluding carboxylic acids is 2. The summed E-state index contributed by atoms with van der Waals surface area (Å²) in [6.45, 7) is 1.61. The predicted octanol–water partition coefficient (Wildman–Crippen LogP) is 1.23. The van der Waals surface area contributed by atoms with Crippen molar-refractivity contribution < 1.29 is 9.59 Å². The van der Waals surface area contributed by atoms with Crippen LogP contribution in [0.15, 0.2) is 29.9 Å². The van der Waals surface area contributed by atoms with E-state index in [0.29, 0.717) is 10.8 Å². The first-order valence-corrected chi connectivity index (χ1v) is 6.19. The highest BCUT2D eigenvalue weighted by Crippen LogP contribution is 2.08. The van der Waals surface area contributed by atoms with Crippen LogP contribution >= 0.6 is 11.3 Å². The number of aromatic nitrogens is 2. The maximum absolute atomic E-state index is 11.7. The number of carbonyl (C=O) groups is 2. The molecule has 0 fully saturated rings. The van der Waals surface area contributed by atoms with Gasteiger partial charge in [-0.25, -0.2) is 4.98 Å². The van der Waals surface area contributed by atoms with Gasteiger partial charge in [0.2, 0.25) is 11.9 Å². The van der Waals surface area contributed by atoms with Gasteiger partial charge < -0.3 is 10.3 Å². The number of H-pyrrole nitrogens is 1. The number of imidazole rings is 1. The van der Waals surface area contributed by atoms with Gasteiger partial charge in [-0.2, -0.15) is 0 Å². The van der Waals surface area contributed by atoms with E-state index in [0.717, 1.165) is 0 Å². The minimum atomic E-state index is -0.635. The number of rotatable bonds is 4. The largest absolute Gasteiger partial charge is 0.340 e. The number of thiophene rings is 1. The molecule has 1 atom stereocenters. The number of hydrogen-bond donors (Lipinski definition) is 3. The van der Waals surface area contributed by atoms with Crippen LogP contribution in [0.25, 0.3) is 0 Å². The van der Waals surface area contributed by atoms with E-state index in [1.165, 1.54) is 17.5 Å². The Bertz CT molecular complexity index is 521. The Morgan fingerprint density at radius 2 is 2.33 bits per heavy atom. The molecule has 0 aliphatic rings. The summed E-state index contributed by atoms with van der Waals surface area (Å²) >= 11 is 1.33. The van der Waals surface area contributed by atoms with Crippen LogP contribution in [-0.2, 0) is 4.79 Å². The summed E-state index contributed by atoms with van der Waals surface area (Å²) in [6.07, 6.45) is 3.13. The zero-order valence-electron chi connectivity index (χ0n) is 9.64. The highest BCUT2D eigenvalue weighted by Gasteiger charge is 2.17. The summed E-state index contributed by atoms with van der Waals surface area (Å²) in [6, 6.07) is 2.86. The molecular weight excluding hydrogens is 252 g/mol. The quantitative estimate of drug-likeness (QED) is 0.776. The van der Waals surface area contributed by atoms with E-state index in [4.69, 9.17) is 0 Å². The Balaban J connectivity index is 1.89. The van der Waals surface area contributed by atoms with E-state index >= 15 is 0 Å². The molecule has 2 amide bonds. The molecule has 0 saturated heterocycles. The topological polar surface area (TPSA) is 86.9 Å². The summed E-state index contributed by atoms with van der Waals surface area (Å²) in [5.74, 6) is -0.223. The van der Waals surface area contributed by atoms with Crippen molar-refractivity contribution in [3.63, 3.8) is 0 Å². The van der Waals surface area contributed by atoms with Crippen molar-refractivity contribution in [2.75, 3.05) is 5.32 Å². The Kier molecular flexibility index (Phi) is 3.73. The lowest BCUT2D eigenvalue weighted by molar-refractivity contribution is -0.117. The average molecular weight is 264 g/mol. The molecule has 0 bridgehead atoms. The van der Waals surface area contributed by atoms with Crippen LogP contribution in [0.2, 0.25) is 0 Å². The molecule has 18 heavy (non-hydrogen) atoms. The summed E-state index contributed by atoms with van der Waals surface area (Å²) in [7, 11) is 0. The number of aromatic amines is 1. The van der Waals surface area contributed by atoms with Crippen molar-refractivity contribution in [1.29, 1.82) is 0 Å². The molecule has 0 radical (unpaired) electrons. The fourth-order valence-electron chi connectivity index (χ4n) is 1.30. The third kappa shape index (κ3) is 2.95. The normalized spacial score (nSPS) is 11.8. The zero-order chi connectivity index (χ0) is 13.0. The maximum atomic E-state index is 11.7. The molecule has 0 aliphatic heterocycles. The first-order chi connectivity index (χ1) is 8.66. The Labute approximate surface area is 107 Å². The first-order valence-electron chi connectivity index (χ1n) is 5.31. The van der Waals surface area contributed by atoms with Crippen LogP contribution in [0.3, 0.4) is 0 Å². The molecule has 0 aliphatic carbocycles. The molecular formula is C11H12N4O2S. The molecule has 2 aromatic rings. The lowest BCUT2D eigenvalue weighted by Gasteiger charge is -2.12. The van der Waals surface area contributed by atoms with Gasteiger partial charge in [-0.3, -0.25) is 14.9 Å². The molecule has 0 aromatic carbocycles. The van der Waals surface area contributed by atoms with E-state index < -0.39 is 6.04 Å². The predicted molar refractivity (Wildman–Crippen MR) is 68.5 cm³/mol. The highest BCUT2D eigenvalue weighted by atomic mass is 32.1. The molecule has 7 heteroatoms. The minimum absolute atomic E-state index is 0.257. The lowest BCUT2D eigenvalue weighted by atomic mass is 10.3. The Morgan fingerprint density at radius 3 is 2.94 bits per heavy atom. The van der Waals surface area contributed by atoms with E-state index in [9.17, 15) is 9.59 Å². The van der Waals surface area contributed by atoms with Crippen molar-refractivity contribution in [2.24, 2.45) is 0 Å². The molecule has 3 N–H and O–H groups in total. The fraction of sp³-hybridized carbons (Fsp3) is 0.182. The number of anilines is 1. The van der Waals surface area contributed by atoms with Gasteiger partial charge in [0.1, 0.15) is 6.04 Å². The van der Waals surface area contributed by atoms with Crippen LogP contribution in [0, 0.1) is 0 Å². The van der Waals surface area contributed by atoms with Crippen LogP contribution in [0.5, 0.6) is 0 Å². The zero-order valence-corrected chi connectivity index (χ0v) is 10.5. The van der Waals surface area contributed by atoms with Gasteiger partial charge in [-0.15, -0.1) is 11.3 Å². The standard InChI is InChI=1S/C11H12N4O2S/c1-7(9(16)15-11-12-4-5-13-11)14-10(17)8-3-2-6-18-8/h2-7H,1H3,(H,14,17)(H2,12,13,15,16). The maximum Gasteiger partial charge on any atom is 0.261 e. The summed E-state index contributed by atoms with van der Waals surface area (Å²) in [5, 5.41) is 6.98. The summed E-state index contributed by atoms with van der Waals surface area (Å²) in [5.41, 5.74) is 0. The molecule has 2 rings (SSSR count). The molecule has 0 saturated carbocycles. The SMILES string of the molecule is CC(NC(=O)c1cccs1)C(=O)Nc1ncc[nH]1. The number of nitrogens with one attached hydrogen (secondary N) is 3. The van der Waals surface area contributed by atoms with Gasteiger partial charge >= 0.3 is 0 Å². The van der Waals surface area contributed by atoms with Crippen LogP contribution in [-0.4, -0.2) is 27.8 Å². The van der Waals surface area contributed by atoms with Gasteiger partial charge in [0.15, 0.2) is 0 Å². The minimum Gasteiger partial charge on any atom is -0.340 e. The van der Waals surface area contributed by atoms with Crippen molar-refractivity contribution in [1.82, 2.24) is 15.3 Å². The van der Waals surface area contributed by atoms with Crippen molar-refractivity contribution in [2.45, 2.75) is 13.0 Å². The van der Waals surface area contributed by atoms with Gasteiger partial charge in [-0.1, -0.05) is 6.07 Å². The average Bonchev–Trinajstić information content (AvgIpc) is 3.01. The summed E-state index contributed by atoms with van der Waals surface area (Å²) < 4.78 is 0. The third-order valence-electron chi connectivity index (χ3n) is 2.23. The Morgan fingerprint density at radius 1 is 1.50 bits per heavy atom. The summed E-state index contributed by atoms with van der Waals surface area (Å²) in [4.78, 5) is 30.6. The lowest BCUT2D eigenvalue weighted by Crippen LogP contribution is -2.41. The second kappa shape index (κ2) is 5.46. The molecule has 0 spiro atoms. The van der Waals surface area contributed by atoms with Crippen LogP contribution in [0.1, 0.15) is 16.6 Å². The number of amides is 2. The Hall–Kier alpha value is -2.15. The second-order valence-electron chi connectivity index (χ2n) is 3.60. The van der Waals surface area contributed by atoms with E-state index in [1.54, 1.807) is 25.3 Å². The number of hydrogen-bond acceptors (Lipinski definition) is 4. The van der Waals surface area contributed by atoms with Crippen molar-refractivity contribution in [3.8, 4) is 0 Å². The number of nitrogens with zero attached hydrogens (tertiary/aromatic N) is 1. The van der Waals surface area contributed by atoms with Gasteiger partial charge in [0.25, 0.3) is 5.91 Å². The van der Waals surface area contributed by atoms with E-state index in [1.807, 2.05) is 5.38 Å². The van der Waals surface area contributed by atoms with E-state index in [-0.39, 0.29) is 11.8 Å². The molecule has 94 valence electrons.